The molecule has 1 saturated carbocycles. The average Bonchev–Trinajstić information content (AvgIpc) is 3.12. The number of hydrogen-bond donors (Lipinski definition) is 2. The molecule has 2 nitrogen and oxygen atoms in total. The summed E-state index contributed by atoms with van der Waals surface area (Å²) in [4.78, 5) is 0. The van der Waals surface area contributed by atoms with Gasteiger partial charge in [-0.25, -0.2) is 0 Å². The zero-order valence-electron chi connectivity index (χ0n) is 10.9. The van der Waals surface area contributed by atoms with Crippen molar-refractivity contribution in [2.45, 2.75) is 51.2 Å². The maximum atomic E-state index is 10.4. The highest BCUT2D eigenvalue weighted by molar-refractivity contribution is 5.27. The van der Waals surface area contributed by atoms with Crippen molar-refractivity contribution in [2.24, 2.45) is 0 Å². The molecule has 1 unspecified atom stereocenters. The molecule has 94 valence electrons. The fraction of sp³-hybridized carbons (Fsp3) is 0.600. The van der Waals surface area contributed by atoms with E-state index < -0.39 is 5.60 Å². The molecule has 2 N–H and O–H groups in total. The van der Waals surface area contributed by atoms with Gasteiger partial charge in [-0.1, -0.05) is 37.6 Å². The zero-order chi connectivity index (χ0) is 12.3. The SMILES string of the molecule is CCCc1ccc(C(C)(O)CNC2CC2)cc1. The van der Waals surface area contributed by atoms with E-state index in [1.54, 1.807) is 0 Å². The van der Waals surface area contributed by atoms with Gasteiger partial charge in [0.25, 0.3) is 0 Å². The van der Waals surface area contributed by atoms with Gasteiger partial charge in [0.05, 0.1) is 5.60 Å². The predicted molar refractivity (Wildman–Crippen MR) is 71.0 cm³/mol. The van der Waals surface area contributed by atoms with Crippen molar-refractivity contribution in [1.82, 2.24) is 5.32 Å². The zero-order valence-corrected chi connectivity index (χ0v) is 10.9. The fourth-order valence-electron chi connectivity index (χ4n) is 2.05. The van der Waals surface area contributed by atoms with E-state index in [-0.39, 0.29) is 0 Å². The highest BCUT2D eigenvalue weighted by Crippen LogP contribution is 2.24. The van der Waals surface area contributed by atoms with Gasteiger partial charge in [0, 0.05) is 12.6 Å². The number of hydrogen-bond acceptors (Lipinski definition) is 2. The third-order valence-corrected chi connectivity index (χ3v) is 3.43. The maximum Gasteiger partial charge on any atom is 0.0992 e. The molecule has 1 atom stereocenters. The number of aliphatic hydroxyl groups is 1. The van der Waals surface area contributed by atoms with E-state index in [1.807, 2.05) is 6.92 Å². The first-order valence-corrected chi connectivity index (χ1v) is 6.67. The molecular weight excluding hydrogens is 210 g/mol. The van der Waals surface area contributed by atoms with Gasteiger partial charge in [-0.05, 0) is 37.3 Å². The third kappa shape index (κ3) is 3.55. The highest BCUT2D eigenvalue weighted by atomic mass is 16.3. The third-order valence-electron chi connectivity index (χ3n) is 3.43. The second-order valence-electron chi connectivity index (χ2n) is 5.38. The highest BCUT2D eigenvalue weighted by Gasteiger charge is 2.27. The van der Waals surface area contributed by atoms with Gasteiger partial charge in [-0.15, -0.1) is 0 Å². The summed E-state index contributed by atoms with van der Waals surface area (Å²) in [5, 5.41) is 13.8. The van der Waals surface area contributed by atoms with Crippen LogP contribution in [0.25, 0.3) is 0 Å². The van der Waals surface area contributed by atoms with E-state index in [0.717, 1.165) is 12.0 Å². The molecule has 1 fully saturated rings. The summed E-state index contributed by atoms with van der Waals surface area (Å²) < 4.78 is 0. The first-order valence-electron chi connectivity index (χ1n) is 6.67. The van der Waals surface area contributed by atoms with E-state index in [4.69, 9.17) is 0 Å². The summed E-state index contributed by atoms with van der Waals surface area (Å²) in [6.07, 6.45) is 4.79. The monoisotopic (exact) mass is 233 g/mol. The summed E-state index contributed by atoms with van der Waals surface area (Å²) in [5.74, 6) is 0. The number of rotatable bonds is 6. The van der Waals surface area contributed by atoms with Crippen molar-refractivity contribution in [3.05, 3.63) is 35.4 Å². The van der Waals surface area contributed by atoms with Crippen molar-refractivity contribution in [3.8, 4) is 0 Å². The molecule has 0 radical (unpaired) electrons. The summed E-state index contributed by atoms with van der Waals surface area (Å²) >= 11 is 0. The Morgan fingerprint density at radius 1 is 1.29 bits per heavy atom. The predicted octanol–water partition coefficient (Wildman–Crippen LogP) is 2.60. The van der Waals surface area contributed by atoms with Gasteiger partial charge in [-0.3, -0.25) is 0 Å². The normalized spacial score (nSPS) is 19.0. The Bertz CT molecular complexity index is 352. The summed E-state index contributed by atoms with van der Waals surface area (Å²) in [6.45, 7) is 4.71. The van der Waals surface area contributed by atoms with Gasteiger partial charge < -0.3 is 10.4 Å². The van der Waals surface area contributed by atoms with Crippen molar-refractivity contribution in [3.63, 3.8) is 0 Å². The van der Waals surface area contributed by atoms with Crippen molar-refractivity contribution in [1.29, 1.82) is 0 Å². The minimum Gasteiger partial charge on any atom is -0.384 e. The number of aryl methyl sites for hydroxylation is 1. The molecule has 0 spiro atoms. The van der Waals surface area contributed by atoms with Crippen LogP contribution in [0.1, 0.15) is 44.2 Å². The minimum atomic E-state index is -0.757. The van der Waals surface area contributed by atoms with Crippen LogP contribution in [0.3, 0.4) is 0 Å². The fourth-order valence-corrected chi connectivity index (χ4v) is 2.05. The lowest BCUT2D eigenvalue weighted by atomic mass is 9.94. The molecular formula is C15H23NO. The Balaban J connectivity index is 1.98. The van der Waals surface area contributed by atoms with E-state index in [9.17, 15) is 5.11 Å². The van der Waals surface area contributed by atoms with E-state index in [2.05, 4.69) is 36.5 Å². The molecule has 1 aromatic carbocycles. The Morgan fingerprint density at radius 2 is 1.94 bits per heavy atom. The second-order valence-corrected chi connectivity index (χ2v) is 5.38. The first-order chi connectivity index (χ1) is 8.12. The Kier molecular flexibility index (Phi) is 3.85. The number of nitrogens with one attached hydrogen (secondary N) is 1. The van der Waals surface area contributed by atoms with Gasteiger partial charge in [0.15, 0.2) is 0 Å². The molecule has 1 aliphatic rings. The summed E-state index contributed by atoms with van der Waals surface area (Å²) in [5.41, 5.74) is 1.60. The van der Waals surface area contributed by atoms with Crippen LogP contribution >= 0.6 is 0 Å². The van der Waals surface area contributed by atoms with Crippen LogP contribution in [0, 0.1) is 0 Å². The van der Waals surface area contributed by atoms with Gasteiger partial charge in [-0.2, -0.15) is 0 Å². The maximum absolute atomic E-state index is 10.4. The van der Waals surface area contributed by atoms with Crippen LogP contribution in [-0.2, 0) is 12.0 Å². The molecule has 2 heteroatoms. The molecule has 1 aliphatic carbocycles. The molecule has 0 bridgehead atoms. The van der Waals surface area contributed by atoms with Gasteiger partial charge in [0.1, 0.15) is 0 Å². The molecule has 1 aromatic rings. The molecule has 2 rings (SSSR count). The largest absolute Gasteiger partial charge is 0.384 e. The Labute approximate surface area is 104 Å². The second kappa shape index (κ2) is 5.19. The van der Waals surface area contributed by atoms with E-state index in [0.29, 0.717) is 12.6 Å². The Morgan fingerprint density at radius 3 is 2.47 bits per heavy atom. The molecule has 0 aromatic heterocycles. The summed E-state index contributed by atoms with van der Waals surface area (Å²) in [6, 6.07) is 9.01. The smallest absolute Gasteiger partial charge is 0.0992 e. The summed E-state index contributed by atoms with van der Waals surface area (Å²) in [7, 11) is 0. The first kappa shape index (κ1) is 12.6. The topological polar surface area (TPSA) is 32.3 Å². The van der Waals surface area contributed by atoms with Crippen LogP contribution in [0.5, 0.6) is 0 Å². The molecule has 17 heavy (non-hydrogen) atoms. The van der Waals surface area contributed by atoms with E-state index >= 15 is 0 Å². The van der Waals surface area contributed by atoms with Crippen molar-refractivity contribution < 1.29 is 5.11 Å². The molecule has 0 heterocycles. The van der Waals surface area contributed by atoms with Crippen LogP contribution in [0.2, 0.25) is 0 Å². The van der Waals surface area contributed by atoms with Crippen LogP contribution in [-0.4, -0.2) is 17.7 Å². The van der Waals surface area contributed by atoms with E-state index in [1.165, 1.54) is 24.8 Å². The van der Waals surface area contributed by atoms with Crippen LogP contribution in [0.15, 0.2) is 24.3 Å². The van der Waals surface area contributed by atoms with Crippen molar-refractivity contribution in [2.75, 3.05) is 6.54 Å². The van der Waals surface area contributed by atoms with Crippen molar-refractivity contribution >= 4 is 0 Å². The van der Waals surface area contributed by atoms with Crippen LogP contribution in [0.4, 0.5) is 0 Å². The molecule has 0 saturated heterocycles. The Hall–Kier alpha value is -0.860. The van der Waals surface area contributed by atoms with Gasteiger partial charge in [0.2, 0.25) is 0 Å². The lowest BCUT2D eigenvalue weighted by molar-refractivity contribution is 0.0566. The van der Waals surface area contributed by atoms with Gasteiger partial charge >= 0.3 is 0 Å². The lowest BCUT2D eigenvalue weighted by Gasteiger charge is -2.24. The quantitative estimate of drug-likeness (QED) is 0.791. The lowest BCUT2D eigenvalue weighted by Crippen LogP contribution is -2.36. The standard InChI is InChI=1S/C15H23NO/c1-3-4-12-5-7-13(8-6-12)15(2,17)11-16-14-9-10-14/h5-8,14,16-17H,3-4,9-11H2,1-2H3. The average molecular weight is 233 g/mol. The van der Waals surface area contributed by atoms with Crippen LogP contribution < -0.4 is 5.32 Å². The molecule has 0 aliphatic heterocycles. The minimum absolute atomic E-state index is 0.640. The molecule has 0 amide bonds. The number of benzene rings is 1.